The van der Waals surface area contributed by atoms with Gasteiger partial charge in [-0.2, -0.15) is 0 Å². The van der Waals surface area contributed by atoms with E-state index in [-0.39, 0.29) is 23.6 Å². The molecule has 1 aromatic rings. The van der Waals surface area contributed by atoms with Gasteiger partial charge in [0.05, 0.1) is 0 Å². The van der Waals surface area contributed by atoms with Gasteiger partial charge in [0.2, 0.25) is 11.8 Å². The van der Waals surface area contributed by atoms with E-state index in [9.17, 15) is 19.2 Å². The number of allylic oxidation sites excluding steroid dienone is 1. The van der Waals surface area contributed by atoms with E-state index in [1.165, 1.54) is 4.90 Å². The number of nitrogens with zero attached hydrogens (tertiary/aromatic N) is 1. The van der Waals surface area contributed by atoms with Crippen molar-refractivity contribution in [2.75, 3.05) is 13.1 Å². The zero-order valence-electron chi connectivity index (χ0n) is 24.0. The molecule has 1 aliphatic carbocycles. The molecule has 4 amide bonds. The molecule has 3 aliphatic rings. The number of amides is 4. The van der Waals surface area contributed by atoms with Gasteiger partial charge in [-0.3, -0.25) is 14.4 Å². The molecular formula is C31H44N4O5. The Hall–Kier alpha value is -3.36. The van der Waals surface area contributed by atoms with E-state index < -0.39 is 29.3 Å². The fourth-order valence-electron chi connectivity index (χ4n) is 5.62. The average molecular weight is 553 g/mol. The first-order valence-electron chi connectivity index (χ1n) is 14.7. The maximum absolute atomic E-state index is 13.6. The highest BCUT2D eigenvalue weighted by Gasteiger charge is 2.60. The first-order valence-corrected chi connectivity index (χ1v) is 14.7. The Morgan fingerprint density at radius 2 is 1.85 bits per heavy atom. The first kappa shape index (κ1) is 29.6. The van der Waals surface area contributed by atoms with Crippen molar-refractivity contribution in [1.82, 2.24) is 20.9 Å². The highest BCUT2D eigenvalue weighted by atomic mass is 16.6. The minimum Gasteiger partial charge on any atom is -0.436 e. The van der Waals surface area contributed by atoms with E-state index in [4.69, 9.17) is 4.74 Å². The Labute approximate surface area is 237 Å². The third kappa shape index (κ3) is 7.64. The summed E-state index contributed by atoms with van der Waals surface area (Å²) in [5.41, 5.74) is -0.379. The van der Waals surface area contributed by atoms with Gasteiger partial charge in [-0.15, -0.1) is 0 Å². The molecule has 2 fully saturated rings. The number of benzene rings is 1. The van der Waals surface area contributed by atoms with Crippen LogP contribution in [0.25, 0.3) is 0 Å². The molecule has 1 aromatic carbocycles. The Bertz CT molecular complexity index is 1100. The van der Waals surface area contributed by atoms with Gasteiger partial charge in [-0.1, -0.05) is 48.9 Å². The van der Waals surface area contributed by atoms with Crippen LogP contribution < -0.4 is 16.0 Å². The zero-order chi connectivity index (χ0) is 28.8. The van der Waals surface area contributed by atoms with Gasteiger partial charge >= 0.3 is 6.09 Å². The van der Waals surface area contributed by atoms with Crippen LogP contribution in [0.5, 0.6) is 0 Å². The fraction of sp³-hybridized carbons (Fsp3) is 0.613. The largest absolute Gasteiger partial charge is 0.436 e. The number of hydrogen-bond acceptors (Lipinski definition) is 5. The second-order valence-corrected chi connectivity index (χ2v) is 12.3. The Kier molecular flexibility index (Phi) is 9.53. The lowest BCUT2D eigenvalue weighted by atomic mass is 10.1. The lowest BCUT2D eigenvalue weighted by Crippen LogP contribution is -2.57. The topological polar surface area (TPSA) is 117 Å². The molecule has 0 aromatic heterocycles. The highest BCUT2D eigenvalue weighted by molar-refractivity contribution is 5.98. The summed E-state index contributed by atoms with van der Waals surface area (Å²) in [6, 6.07) is 9.25. The molecule has 3 N–H and O–H groups in total. The molecule has 2 aliphatic heterocycles. The van der Waals surface area contributed by atoms with E-state index in [1.807, 2.05) is 51.1 Å². The number of hydrogen-bond donors (Lipinski definition) is 3. The van der Waals surface area contributed by atoms with Gasteiger partial charge in [0.25, 0.3) is 5.91 Å². The fourth-order valence-corrected chi connectivity index (χ4v) is 5.62. The van der Waals surface area contributed by atoms with Gasteiger partial charge < -0.3 is 25.6 Å². The second kappa shape index (κ2) is 12.9. The summed E-state index contributed by atoms with van der Waals surface area (Å²) in [7, 11) is 0. The molecule has 9 heteroatoms. The number of carbonyl (C=O) groups excluding carboxylic acids is 4. The van der Waals surface area contributed by atoms with Crippen molar-refractivity contribution < 1.29 is 23.9 Å². The number of carbonyl (C=O) groups is 4. The molecule has 40 heavy (non-hydrogen) atoms. The van der Waals surface area contributed by atoms with E-state index in [0.29, 0.717) is 45.2 Å². The van der Waals surface area contributed by atoms with Crippen molar-refractivity contribution in [2.45, 2.75) is 102 Å². The molecule has 0 bridgehead atoms. The molecule has 218 valence electrons. The Morgan fingerprint density at radius 3 is 2.60 bits per heavy atom. The summed E-state index contributed by atoms with van der Waals surface area (Å²) in [6.07, 6.45) is 8.74. The lowest BCUT2D eigenvalue weighted by Gasteiger charge is -2.30. The first-order chi connectivity index (χ1) is 19.1. The van der Waals surface area contributed by atoms with Gasteiger partial charge in [-0.25, -0.2) is 4.79 Å². The minimum absolute atomic E-state index is 0.0824. The number of nitrogens with one attached hydrogen (secondary N) is 3. The number of alkyl carbamates (subject to hydrolysis) is 1. The van der Waals surface area contributed by atoms with Crippen molar-refractivity contribution in [3.8, 4) is 0 Å². The molecule has 0 spiro atoms. The second-order valence-electron chi connectivity index (χ2n) is 12.3. The van der Waals surface area contributed by atoms with Crippen LogP contribution in [0.15, 0.2) is 42.5 Å². The van der Waals surface area contributed by atoms with Gasteiger partial charge in [0.15, 0.2) is 6.10 Å². The van der Waals surface area contributed by atoms with E-state index in [1.54, 1.807) is 0 Å². The summed E-state index contributed by atoms with van der Waals surface area (Å²) in [6.45, 7) is 6.43. The van der Waals surface area contributed by atoms with Gasteiger partial charge in [-0.05, 0) is 77.7 Å². The molecule has 4 atom stereocenters. The molecule has 0 unspecified atom stereocenters. The summed E-state index contributed by atoms with van der Waals surface area (Å²) < 4.78 is 5.62. The molecule has 0 radical (unpaired) electrons. The van der Waals surface area contributed by atoms with Crippen LogP contribution >= 0.6 is 0 Å². The number of fused-ring (bicyclic) bond motifs is 2. The average Bonchev–Trinajstić information content (AvgIpc) is 3.36. The van der Waals surface area contributed by atoms with E-state index in [2.05, 4.69) is 28.1 Å². The molecule has 4 rings (SSSR count). The maximum atomic E-state index is 13.6. The predicted octanol–water partition coefficient (Wildman–Crippen LogP) is 3.62. The predicted molar refractivity (Wildman–Crippen MR) is 152 cm³/mol. The Morgan fingerprint density at radius 1 is 1.07 bits per heavy atom. The lowest BCUT2D eigenvalue weighted by molar-refractivity contribution is -0.146. The van der Waals surface area contributed by atoms with Crippen LogP contribution in [0, 0.1) is 5.92 Å². The van der Waals surface area contributed by atoms with Crippen molar-refractivity contribution >= 4 is 23.8 Å². The van der Waals surface area contributed by atoms with Crippen molar-refractivity contribution in [3.63, 3.8) is 0 Å². The minimum atomic E-state index is -1.01. The third-order valence-corrected chi connectivity index (χ3v) is 7.85. The quantitative estimate of drug-likeness (QED) is 0.483. The number of ether oxygens (including phenoxy) is 1. The molecule has 9 nitrogen and oxygen atoms in total. The number of rotatable bonds is 5. The summed E-state index contributed by atoms with van der Waals surface area (Å²) in [5.74, 6) is -0.941. The van der Waals surface area contributed by atoms with Crippen LogP contribution in [0.2, 0.25) is 0 Å². The molecule has 2 heterocycles. The zero-order valence-corrected chi connectivity index (χ0v) is 24.0. The SMILES string of the molecule is CC(C)(C)NC(=O)O[C@H]1CCCCCC=C[C@@H]2C[C@@]2(C(=O)NCCc2ccccc2)NC(=O)[C@@H]2CCCN2C1=O. The van der Waals surface area contributed by atoms with Crippen LogP contribution in [0.4, 0.5) is 4.79 Å². The summed E-state index contributed by atoms with van der Waals surface area (Å²) >= 11 is 0. The summed E-state index contributed by atoms with van der Waals surface area (Å²) in [4.78, 5) is 54.8. The molecule has 1 saturated heterocycles. The molecule has 1 saturated carbocycles. The summed E-state index contributed by atoms with van der Waals surface area (Å²) in [5, 5.41) is 8.84. The van der Waals surface area contributed by atoms with Crippen molar-refractivity contribution in [3.05, 3.63) is 48.0 Å². The van der Waals surface area contributed by atoms with Crippen molar-refractivity contribution in [1.29, 1.82) is 0 Å². The molecular weight excluding hydrogens is 508 g/mol. The van der Waals surface area contributed by atoms with Gasteiger partial charge in [0.1, 0.15) is 11.6 Å². The van der Waals surface area contributed by atoms with Crippen LogP contribution in [0.3, 0.4) is 0 Å². The smallest absolute Gasteiger partial charge is 0.408 e. The van der Waals surface area contributed by atoms with Crippen LogP contribution in [-0.4, -0.2) is 65.0 Å². The van der Waals surface area contributed by atoms with Crippen molar-refractivity contribution in [2.24, 2.45) is 5.92 Å². The monoisotopic (exact) mass is 552 g/mol. The highest BCUT2D eigenvalue weighted by Crippen LogP contribution is 2.45. The van der Waals surface area contributed by atoms with E-state index in [0.717, 1.165) is 31.2 Å². The normalized spacial score (nSPS) is 27.4. The third-order valence-electron chi connectivity index (χ3n) is 7.85. The van der Waals surface area contributed by atoms with Crippen LogP contribution in [-0.2, 0) is 25.5 Å². The Balaban J connectivity index is 1.47. The van der Waals surface area contributed by atoms with Gasteiger partial charge in [0, 0.05) is 24.5 Å². The van der Waals surface area contributed by atoms with Crippen LogP contribution in [0.1, 0.15) is 77.7 Å². The van der Waals surface area contributed by atoms with E-state index >= 15 is 0 Å². The standard InChI is InChI=1S/C31H44N4O5/c1-30(2,3)34-29(39)40-25-17-11-6-4-5-10-15-23-21-31(23,28(38)32-19-18-22-13-8-7-9-14-22)33-26(36)24-16-12-20-35(24)27(25)37/h7-10,13-15,23-25H,4-6,11-12,16-21H2,1-3H3,(H,32,38)(H,33,36)(H,34,39)/t23-,24+,25+,31-/m1/s1. The maximum Gasteiger partial charge on any atom is 0.408 e.